The molecule has 1 saturated heterocycles. The number of hydrogen-bond acceptors (Lipinski definition) is 4. The lowest BCUT2D eigenvalue weighted by Crippen LogP contribution is -2.26. The molecule has 0 aromatic heterocycles. The van der Waals surface area contributed by atoms with Gasteiger partial charge < -0.3 is 5.73 Å². The third kappa shape index (κ3) is 2.59. The van der Waals surface area contributed by atoms with Crippen molar-refractivity contribution < 1.29 is 9.31 Å². The van der Waals surface area contributed by atoms with Crippen molar-refractivity contribution in [2.45, 2.75) is 19.0 Å². The van der Waals surface area contributed by atoms with Crippen LogP contribution in [0.3, 0.4) is 0 Å². The van der Waals surface area contributed by atoms with Gasteiger partial charge in [-0.25, -0.2) is 0 Å². The SMILES string of the molecule is N[C@@H]1CCN(Cc2cccc([N+](=O)[O-])c2F)C1. The Morgan fingerprint density at radius 3 is 2.94 bits per heavy atom. The van der Waals surface area contributed by atoms with E-state index in [-0.39, 0.29) is 6.04 Å². The second kappa shape index (κ2) is 4.77. The molecule has 17 heavy (non-hydrogen) atoms. The lowest BCUT2D eigenvalue weighted by Gasteiger charge is -2.15. The molecule has 1 aromatic carbocycles. The summed E-state index contributed by atoms with van der Waals surface area (Å²) in [4.78, 5) is 11.9. The molecule has 2 N–H and O–H groups in total. The van der Waals surface area contributed by atoms with Crippen LogP contribution in [0.15, 0.2) is 18.2 Å². The minimum atomic E-state index is -0.738. The van der Waals surface area contributed by atoms with Gasteiger partial charge in [-0.2, -0.15) is 4.39 Å². The Morgan fingerprint density at radius 1 is 1.59 bits per heavy atom. The van der Waals surface area contributed by atoms with Crippen LogP contribution >= 0.6 is 0 Å². The van der Waals surface area contributed by atoms with Crippen LogP contribution in [0, 0.1) is 15.9 Å². The van der Waals surface area contributed by atoms with Gasteiger partial charge in [0.15, 0.2) is 0 Å². The van der Waals surface area contributed by atoms with Crippen LogP contribution < -0.4 is 5.73 Å². The first kappa shape index (κ1) is 11.9. The largest absolute Gasteiger partial charge is 0.326 e. The van der Waals surface area contributed by atoms with Crippen molar-refractivity contribution in [1.29, 1.82) is 0 Å². The normalized spacial score (nSPS) is 20.7. The zero-order valence-electron chi connectivity index (χ0n) is 9.30. The van der Waals surface area contributed by atoms with Crippen molar-refractivity contribution in [2.75, 3.05) is 13.1 Å². The number of nitrogens with zero attached hydrogens (tertiary/aromatic N) is 2. The Morgan fingerprint density at radius 2 is 2.35 bits per heavy atom. The van der Waals surface area contributed by atoms with Crippen molar-refractivity contribution in [3.63, 3.8) is 0 Å². The van der Waals surface area contributed by atoms with E-state index in [1.54, 1.807) is 6.07 Å². The summed E-state index contributed by atoms with van der Waals surface area (Å²) in [5, 5.41) is 10.6. The molecule has 0 bridgehead atoms. The molecule has 1 fully saturated rings. The number of halogens is 1. The number of nitrogens with two attached hydrogens (primary N) is 1. The minimum Gasteiger partial charge on any atom is -0.326 e. The van der Waals surface area contributed by atoms with Gasteiger partial charge in [-0.15, -0.1) is 0 Å². The van der Waals surface area contributed by atoms with Crippen molar-refractivity contribution in [3.05, 3.63) is 39.7 Å². The van der Waals surface area contributed by atoms with Crippen molar-refractivity contribution >= 4 is 5.69 Å². The molecule has 1 atom stereocenters. The third-order valence-electron chi connectivity index (χ3n) is 2.96. The van der Waals surface area contributed by atoms with Gasteiger partial charge >= 0.3 is 5.69 Å². The predicted molar refractivity (Wildman–Crippen MR) is 60.9 cm³/mol. The lowest BCUT2D eigenvalue weighted by atomic mass is 10.1. The van der Waals surface area contributed by atoms with Crippen LogP contribution in [0.1, 0.15) is 12.0 Å². The van der Waals surface area contributed by atoms with Crippen LogP contribution in [-0.4, -0.2) is 29.0 Å². The number of rotatable bonds is 3. The lowest BCUT2D eigenvalue weighted by molar-refractivity contribution is -0.387. The molecule has 1 aliphatic heterocycles. The highest BCUT2D eigenvalue weighted by atomic mass is 19.1. The van der Waals surface area contributed by atoms with Crippen LogP contribution in [0.25, 0.3) is 0 Å². The van der Waals surface area contributed by atoms with E-state index in [0.717, 1.165) is 13.0 Å². The fourth-order valence-corrected chi connectivity index (χ4v) is 2.08. The van der Waals surface area contributed by atoms with Gasteiger partial charge in [0.2, 0.25) is 5.82 Å². The number of likely N-dealkylation sites (tertiary alicyclic amines) is 1. The van der Waals surface area contributed by atoms with E-state index >= 15 is 0 Å². The minimum absolute atomic E-state index is 0.122. The van der Waals surface area contributed by atoms with Gasteiger partial charge in [0.05, 0.1) is 4.92 Å². The van der Waals surface area contributed by atoms with Gasteiger partial charge in [0.1, 0.15) is 0 Å². The number of benzene rings is 1. The highest BCUT2D eigenvalue weighted by Gasteiger charge is 2.22. The first-order valence-corrected chi connectivity index (χ1v) is 5.47. The van der Waals surface area contributed by atoms with Crippen LogP contribution in [-0.2, 0) is 6.54 Å². The monoisotopic (exact) mass is 239 g/mol. The Bertz CT molecular complexity index is 439. The van der Waals surface area contributed by atoms with Gasteiger partial charge in [-0.05, 0) is 6.42 Å². The van der Waals surface area contributed by atoms with Crippen LogP contribution in [0.5, 0.6) is 0 Å². The number of nitro benzene ring substituents is 1. The summed E-state index contributed by atoms with van der Waals surface area (Å²) in [6.45, 7) is 1.90. The van der Waals surface area contributed by atoms with E-state index in [1.807, 2.05) is 4.90 Å². The Hall–Kier alpha value is -1.53. The molecule has 0 amide bonds. The quantitative estimate of drug-likeness (QED) is 0.636. The molecule has 92 valence electrons. The first-order valence-electron chi connectivity index (χ1n) is 5.47. The van der Waals surface area contributed by atoms with E-state index in [1.165, 1.54) is 12.1 Å². The Labute approximate surface area is 98.2 Å². The highest BCUT2D eigenvalue weighted by Crippen LogP contribution is 2.22. The summed E-state index contributed by atoms with van der Waals surface area (Å²) in [7, 11) is 0. The van der Waals surface area contributed by atoms with Gasteiger partial charge in [-0.3, -0.25) is 15.0 Å². The zero-order valence-corrected chi connectivity index (χ0v) is 9.30. The number of hydrogen-bond donors (Lipinski definition) is 1. The molecule has 0 radical (unpaired) electrons. The topological polar surface area (TPSA) is 72.4 Å². The summed E-state index contributed by atoms with van der Waals surface area (Å²) < 4.78 is 13.8. The predicted octanol–water partition coefficient (Wildman–Crippen LogP) is 1.27. The molecule has 1 heterocycles. The molecule has 0 saturated carbocycles. The molecule has 1 aromatic rings. The average Bonchev–Trinajstić information content (AvgIpc) is 2.67. The average molecular weight is 239 g/mol. The second-order valence-corrected chi connectivity index (χ2v) is 4.29. The summed E-state index contributed by atoms with van der Waals surface area (Å²) in [5.41, 5.74) is 5.64. The van der Waals surface area contributed by atoms with Crippen LogP contribution in [0.2, 0.25) is 0 Å². The Balaban J connectivity index is 2.16. The van der Waals surface area contributed by atoms with E-state index in [9.17, 15) is 14.5 Å². The third-order valence-corrected chi connectivity index (χ3v) is 2.96. The first-order chi connectivity index (χ1) is 8.08. The summed E-state index contributed by atoms with van der Waals surface area (Å²) in [5.74, 6) is -0.738. The fraction of sp³-hybridized carbons (Fsp3) is 0.455. The van der Waals surface area contributed by atoms with Gasteiger partial charge in [-0.1, -0.05) is 12.1 Å². The summed E-state index contributed by atoms with van der Waals surface area (Å²) in [6, 6.07) is 4.38. The molecular formula is C11H14FN3O2. The van der Waals surface area contributed by atoms with E-state index < -0.39 is 16.4 Å². The molecule has 1 aliphatic rings. The molecule has 6 heteroatoms. The maximum absolute atomic E-state index is 13.8. The maximum Gasteiger partial charge on any atom is 0.305 e. The maximum atomic E-state index is 13.8. The molecule has 0 spiro atoms. The van der Waals surface area contributed by atoms with Crippen molar-refractivity contribution in [3.8, 4) is 0 Å². The molecule has 0 unspecified atom stereocenters. The van der Waals surface area contributed by atoms with Crippen LogP contribution in [0.4, 0.5) is 10.1 Å². The summed E-state index contributed by atoms with van der Waals surface area (Å²) in [6.07, 6.45) is 0.885. The standard InChI is InChI=1S/C11H14FN3O2/c12-11-8(2-1-3-10(11)15(16)17)6-14-5-4-9(13)7-14/h1-3,9H,4-7,13H2/t9-/m1/s1. The number of nitro groups is 1. The van der Waals surface area contributed by atoms with Gasteiger partial charge in [0, 0.05) is 37.3 Å². The Kier molecular flexibility index (Phi) is 3.35. The zero-order chi connectivity index (χ0) is 12.4. The van der Waals surface area contributed by atoms with E-state index in [4.69, 9.17) is 5.73 Å². The molecule has 5 nitrogen and oxygen atoms in total. The van der Waals surface area contributed by atoms with Crippen molar-refractivity contribution in [1.82, 2.24) is 4.90 Å². The molecule has 0 aliphatic carbocycles. The molecular weight excluding hydrogens is 225 g/mol. The smallest absolute Gasteiger partial charge is 0.305 e. The van der Waals surface area contributed by atoms with E-state index in [0.29, 0.717) is 18.7 Å². The van der Waals surface area contributed by atoms with Crippen molar-refractivity contribution in [2.24, 2.45) is 5.73 Å². The van der Waals surface area contributed by atoms with Gasteiger partial charge in [0.25, 0.3) is 0 Å². The van der Waals surface area contributed by atoms with E-state index in [2.05, 4.69) is 0 Å². The second-order valence-electron chi connectivity index (χ2n) is 4.29. The fourth-order valence-electron chi connectivity index (χ4n) is 2.08. The molecule has 2 rings (SSSR count). The highest BCUT2D eigenvalue weighted by molar-refractivity contribution is 5.36. The summed E-state index contributed by atoms with van der Waals surface area (Å²) >= 11 is 0.